The zero-order valence-electron chi connectivity index (χ0n) is 8.23. The molecule has 1 atom stereocenters. The summed E-state index contributed by atoms with van der Waals surface area (Å²) in [5.74, 6) is -0.330. The third kappa shape index (κ3) is 3.13. The fraction of sp³-hybridized carbons (Fsp3) is 1.00. The molecule has 2 nitrogen and oxygen atoms in total. The molecule has 1 fully saturated rings. The number of halogens is 3. The maximum Gasteiger partial charge on any atom is 0.404 e. The van der Waals surface area contributed by atoms with Crippen molar-refractivity contribution in [1.82, 2.24) is 5.32 Å². The average Bonchev–Trinajstić information content (AvgIpc) is 2.14. The van der Waals surface area contributed by atoms with Crippen molar-refractivity contribution in [3.05, 3.63) is 0 Å². The molecule has 1 heterocycles. The Hall–Kier alpha value is -0.290. The minimum absolute atomic E-state index is 0.330. The van der Waals surface area contributed by atoms with Gasteiger partial charge in [-0.2, -0.15) is 13.2 Å². The van der Waals surface area contributed by atoms with Crippen LogP contribution in [0.4, 0.5) is 13.2 Å². The first kappa shape index (κ1) is 11.8. The van der Waals surface area contributed by atoms with Gasteiger partial charge in [0, 0.05) is 13.2 Å². The van der Waals surface area contributed by atoms with Gasteiger partial charge in [-0.05, 0) is 25.3 Å². The summed E-state index contributed by atoms with van der Waals surface area (Å²) >= 11 is 0. The number of hydrogen-bond acceptors (Lipinski definition) is 2. The Balaban J connectivity index is 2.56. The molecule has 84 valence electrons. The van der Waals surface area contributed by atoms with Crippen molar-refractivity contribution in [2.75, 3.05) is 19.8 Å². The van der Waals surface area contributed by atoms with Gasteiger partial charge in [0.05, 0.1) is 0 Å². The van der Waals surface area contributed by atoms with Gasteiger partial charge in [0.25, 0.3) is 0 Å². The van der Waals surface area contributed by atoms with E-state index in [4.69, 9.17) is 4.74 Å². The first-order valence-corrected chi connectivity index (χ1v) is 4.93. The summed E-state index contributed by atoms with van der Waals surface area (Å²) in [5.41, 5.74) is 0. The van der Waals surface area contributed by atoms with E-state index in [0.717, 1.165) is 0 Å². The first-order valence-electron chi connectivity index (χ1n) is 4.93. The fourth-order valence-corrected chi connectivity index (χ4v) is 1.82. The number of nitrogens with one attached hydrogen (secondary N) is 1. The Morgan fingerprint density at radius 1 is 1.36 bits per heavy atom. The number of alkyl halides is 3. The van der Waals surface area contributed by atoms with E-state index in [1.807, 2.05) is 0 Å². The quantitative estimate of drug-likeness (QED) is 0.770. The van der Waals surface area contributed by atoms with Gasteiger partial charge in [-0.25, -0.2) is 0 Å². The molecule has 1 saturated heterocycles. The highest BCUT2D eigenvalue weighted by Gasteiger charge is 2.44. The highest BCUT2D eigenvalue weighted by atomic mass is 19.4. The van der Waals surface area contributed by atoms with Crippen LogP contribution in [-0.4, -0.2) is 32.0 Å². The van der Waals surface area contributed by atoms with Crippen molar-refractivity contribution in [2.24, 2.45) is 5.92 Å². The molecular formula is C9H16F3NO. The summed E-state index contributed by atoms with van der Waals surface area (Å²) in [6.45, 7) is 2.94. The number of hydrogen-bond donors (Lipinski definition) is 1. The Morgan fingerprint density at radius 2 is 1.93 bits per heavy atom. The molecular weight excluding hydrogens is 195 g/mol. The predicted octanol–water partition coefficient (Wildman–Crippen LogP) is 1.95. The lowest BCUT2D eigenvalue weighted by molar-refractivity contribution is -0.173. The van der Waals surface area contributed by atoms with Crippen LogP contribution in [0.2, 0.25) is 0 Å². The van der Waals surface area contributed by atoms with Crippen molar-refractivity contribution in [1.29, 1.82) is 0 Å². The van der Waals surface area contributed by atoms with Crippen LogP contribution in [0.5, 0.6) is 0 Å². The highest BCUT2D eigenvalue weighted by Crippen LogP contribution is 2.30. The van der Waals surface area contributed by atoms with Gasteiger partial charge in [-0.1, -0.05) is 6.92 Å². The van der Waals surface area contributed by atoms with Crippen LogP contribution in [0.3, 0.4) is 0 Å². The molecule has 0 aromatic rings. The molecule has 14 heavy (non-hydrogen) atoms. The Morgan fingerprint density at radius 3 is 2.36 bits per heavy atom. The topological polar surface area (TPSA) is 21.3 Å². The van der Waals surface area contributed by atoms with Crippen molar-refractivity contribution in [3.63, 3.8) is 0 Å². The van der Waals surface area contributed by atoms with Crippen molar-refractivity contribution in [2.45, 2.75) is 32.0 Å². The molecule has 0 aliphatic carbocycles. The molecule has 0 bridgehead atoms. The maximum absolute atomic E-state index is 12.6. The van der Waals surface area contributed by atoms with Crippen LogP contribution in [0.1, 0.15) is 19.8 Å². The molecule has 0 amide bonds. The Kier molecular flexibility index (Phi) is 4.19. The van der Waals surface area contributed by atoms with E-state index in [9.17, 15) is 13.2 Å². The van der Waals surface area contributed by atoms with Crippen molar-refractivity contribution >= 4 is 0 Å². The van der Waals surface area contributed by atoms with E-state index in [-0.39, 0.29) is 5.92 Å². The van der Waals surface area contributed by atoms with Crippen LogP contribution < -0.4 is 5.32 Å². The maximum atomic E-state index is 12.6. The van der Waals surface area contributed by atoms with Gasteiger partial charge >= 0.3 is 6.18 Å². The Bertz CT molecular complexity index is 166. The van der Waals surface area contributed by atoms with Gasteiger partial charge in [0.15, 0.2) is 0 Å². The lowest BCUT2D eigenvalue weighted by Crippen LogP contribution is -2.49. The summed E-state index contributed by atoms with van der Waals surface area (Å²) in [7, 11) is 0. The van der Waals surface area contributed by atoms with E-state index < -0.39 is 12.2 Å². The molecule has 0 aromatic heterocycles. The van der Waals surface area contributed by atoms with E-state index in [2.05, 4.69) is 5.32 Å². The molecule has 0 spiro atoms. The fourth-order valence-electron chi connectivity index (χ4n) is 1.82. The van der Waals surface area contributed by atoms with Crippen LogP contribution in [-0.2, 0) is 4.74 Å². The molecule has 1 rings (SSSR count). The predicted molar refractivity (Wildman–Crippen MR) is 47.1 cm³/mol. The van der Waals surface area contributed by atoms with Gasteiger partial charge in [0.2, 0.25) is 0 Å². The van der Waals surface area contributed by atoms with Gasteiger partial charge < -0.3 is 10.1 Å². The van der Waals surface area contributed by atoms with Crippen molar-refractivity contribution in [3.8, 4) is 0 Å². The molecule has 0 aromatic carbocycles. The Labute approximate surface area is 81.8 Å². The largest absolute Gasteiger partial charge is 0.404 e. The second-order valence-corrected chi connectivity index (χ2v) is 3.53. The zero-order valence-corrected chi connectivity index (χ0v) is 8.23. The number of rotatable bonds is 3. The molecule has 1 N–H and O–H groups in total. The van der Waals surface area contributed by atoms with Gasteiger partial charge in [-0.15, -0.1) is 0 Å². The standard InChI is InChI=1S/C9H16F3NO/c1-2-13-8(9(10,11)12)7-3-5-14-6-4-7/h7-8,13H,2-6H2,1H3/t8-/m0/s1. The third-order valence-corrected chi connectivity index (χ3v) is 2.51. The minimum atomic E-state index is -4.14. The summed E-state index contributed by atoms with van der Waals surface area (Å²) in [6, 6.07) is -1.36. The zero-order chi connectivity index (χ0) is 10.6. The van der Waals surface area contributed by atoms with Gasteiger partial charge in [0.1, 0.15) is 6.04 Å². The van der Waals surface area contributed by atoms with E-state index in [1.165, 1.54) is 0 Å². The summed E-state index contributed by atoms with van der Waals surface area (Å²) < 4.78 is 42.8. The first-order chi connectivity index (χ1) is 6.55. The van der Waals surface area contributed by atoms with Crippen LogP contribution >= 0.6 is 0 Å². The summed E-state index contributed by atoms with van der Waals surface area (Å²) in [4.78, 5) is 0. The van der Waals surface area contributed by atoms with E-state index in [0.29, 0.717) is 32.6 Å². The minimum Gasteiger partial charge on any atom is -0.381 e. The monoisotopic (exact) mass is 211 g/mol. The molecule has 0 radical (unpaired) electrons. The molecule has 0 saturated carbocycles. The second kappa shape index (κ2) is 4.98. The summed E-state index contributed by atoms with van der Waals surface area (Å²) in [6.07, 6.45) is -3.15. The van der Waals surface area contributed by atoms with E-state index in [1.54, 1.807) is 6.92 Å². The van der Waals surface area contributed by atoms with Crippen LogP contribution in [0.25, 0.3) is 0 Å². The van der Waals surface area contributed by atoms with Crippen LogP contribution in [0, 0.1) is 5.92 Å². The molecule has 5 heteroatoms. The van der Waals surface area contributed by atoms with Gasteiger partial charge in [-0.3, -0.25) is 0 Å². The van der Waals surface area contributed by atoms with Crippen LogP contribution in [0.15, 0.2) is 0 Å². The lowest BCUT2D eigenvalue weighted by atomic mass is 9.91. The lowest BCUT2D eigenvalue weighted by Gasteiger charge is -2.32. The average molecular weight is 211 g/mol. The normalized spacial score (nSPS) is 22.3. The smallest absolute Gasteiger partial charge is 0.381 e. The third-order valence-electron chi connectivity index (χ3n) is 2.51. The van der Waals surface area contributed by atoms with E-state index >= 15 is 0 Å². The summed E-state index contributed by atoms with van der Waals surface area (Å²) in [5, 5.41) is 2.51. The molecule has 1 aliphatic rings. The second-order valence-electron chi connectivity index (χ2n) is 3.53. The van der Waals surface area contributed by atoms with Crippen molar-refractivity contribution < 1.29 is 17.9 Å². The highest BCUT2D eigenvalue weighted by molar-refractivity contribution is 4.83. The number of ether oxygens (including phenoxy) is 1. The SMILES string of the molecule is CCN[C@@H](C1CCOCC1)C(F)(F)F. The molecule has 1 aliphatic heterocycles. The molecule has 0 unspecified atom stereocenters.